The summed E-state index contributed by atoms with van der Waals surface area (Å²) in [5.41, 5.74) is 1.53. The molecule has 1 aromatic heterocycles. The summed E-state index contributed by atoms with van der Waals surface area (Å²) < 4.78 is 5.67. The highest BCUT2D eigenvalue weighted by Crippen LogP contribution is 2.59. The standard InChI is InChI=1S/C24H28N2O2S/c1-16-4-6-20(7-5-16)29-22-21(3-2-8-25-22)28-23(27)26-15-24-12-17-9-18(13-24)11-19(10-17)14-24/h2-8,17-19H,9-15H2,1H3,(H,26,27). The van der Waals surface area contributed by atoms with Crippen LogP contribution in [0.4, 0.5) is 4.79 Å². The van der Waals surface area contributed by atoms with Crippen LogP contribution in [0.3, 0.4) is 0 Å². The van der Waals surface area contributed by atoms with Crippen LogP contribution in [0.1, 0.15) is 44.1 Å². The topological polar surface area (TPSA) is 51.2 Å². The van der Waals surface area contributed by atoms with Gasteiger partial charge in [-0.3, -0.25) is 0 Å². The molecule has 0 atom stereocenters. The second-order valence-corrected chi connectivity index (χ2v) is 10.4. The summed E-state index contributed by atoms with van der Waals surface area (Å²) in [7, 11) is 0. The Labute approximate surface area is 176 Å². The number of pyridine rings is 1. The highest BCUT2D eigenvalue weighted by molar-refractivity contribution is 7.99. The molecular formula is C24H28N2O2S. The summed E-state index contributed by atoms with van der Waals surface area (Å²) in [4.78, 5) is 18.1. The molecule has 152 valence electrons. The van der Waals surface area contributed by atoms with Gasteiger partial charge in [-0.15, -0.1) is 0 Å². The van der Waals surface area contributed by atoms with Crippen LogP contribution < -0.4 is 10.1 Å². The number of aryl methyl sites for hydroxylation is 1. The zero-order valence-electron chi connectivity index (χ0n) is 16.9. The van der Waals surface area contributed by atoms with Crippen molar-refractivity contribution >= 4 is 17.9 Å². The molecule has 29 heavy (non-hydrogen) atoms. The fraction of sp³-hybridized carbons (Fsp3) is 0.500. The van der Waals surface area contributed by atoms with Gasteiger partial charge in [-0.1, -0.05) is 29.5 Å². The van der Waals surface area contributed by atoms with Gasteiger partial charge in [-0.2, -0.15) is 0 Å². The maximum atomic E-state index is 12.6. The van der Waals surface area contributed by atoms with E-state index in [-0.39, 0.29) is 6.09 Å². The molecule has 6 rings (SSSR count). The number of aromatic nitrogens is 1. The smallest absolute Gasteiger partial charge is 0.407 e. The molecule has 0 aliphatic heterocycles. The molecule has 4 bridgehead atoms. The number of carbonyl (C=O) groups excluding carboxylic acids is 1. The zero-order chi connectivity index (χ0) is 19.8. The van der Waals surface area contributed by atoms with Crippen molar-refractivity contribution in [3.05, 3.63) is 48.2 Å². The van der Waals surface area contributed by atoms with E-state index < -0.39 is 0 Å². The minimum absolute atomic E-state index is 0.308. The van der Waals surface area contributed by atoms with E-state index in [1.165, 1.54) is 55.9 Å². The first-order chi connectivity index (χ1) is 14.1. The monoisotopic (exact) mass is 408 g/mol. The molecule has 2 aromatic rings. The minimum Gasteiger partial charge on any atom is -0.407 e. The average molecular weight is 409 g/mol. The van der Waals surface area contributed by atoms with Crippen molar-refractivity contribution in [2.24, 2.45) is 23.2 Å². The van der Waals surface area contributed by atoms with Gasteiger partial charge >= 0.3 is 6.09 Å². The lowest BCUT2D eigenvalue weighted by molar-refractivity contribution is -0.0503. The van der Waals surface area contributed by atoms with Crippen molar-refractivity contribution in [1.29, 1.82) is 0 Å². The normalized spacial score (nSPS) is 29.6. The van der Waals surface area contributed by atoms with Crippen molar-refractivity contribution in [2.75, 3.05) is 6.54 Å². The molecule has 1 amide bonds. The van der Waals surface area contributed by atoms with E-state index in [9.17, 15) is 4.79 Å². The van der Waals surface area contributed by atoms with E-state index in [0.717, 1.165) is 29.2 Å². The fourth-order valence-electron chi connectivity index (χ4n) is 6.15. The lowest BCUT2D eigenvalue weighted by atomic mass is 9.49. The molecule has 0 unspecified atom stereocenters. The van der Waals surface area contributed by atoms with Crippen molar-refractivity contribution in [1.82, 2.24) is 10.3 Å². The van der Waals surface area contributed by atoms with Crippen molar-refractivity contribution in [2.45, 2.75) is 55.4 Å². The Bertz CT molecular complexity index is 861. The Morgan fingerprint density at radius 2 is 1.76 bits per heavy atom. The predicted octanol–water partition coefficient (Wildman–Crippen LogP) is 5.85. The Morgan fingerprint density at radius 3 is 2.41 bits per heavy atom. The first-order valence-corrected chi connectivity index (χ1v) is 11.5. The minimum atomic E-state index is -0.362. The van der Waals surface area contributed by atoms with Crippen molar-refractivity contribution < 1.29 is 9.53 Å². The molecule has 0 saturated heterocycles. The van der Waals surface area contributed by atoms with E-state index in [4.69, 9.17) is 4.74 Å². The Morgan fingerprint density at radius 1 is 1.10 bits per heavy atom. The molecule has 4 fully saturated rings. The molecule has 4 aliphatic carbocycles. The number of benzene rings is 1. The number of ether oxygens (including phenoxy) is 1. The lowest BCUT2D eigenvalue weighted by Crippen LogP contribution is -2.51. The summed E-state index contributed by atoms with van der Waals surface area (Å²) in [6.07, 6.45) is 9.45. The van der Waals surface area contributed by atoms with Gasteiger partial charge in [0.25, 0.3) is 0 Å². The van der Waals surface area contributed by atoms with E-state index >= 15 is 0 Å². The van der Waals surface area contributed by atoms with Crippen LogP contribution in [0, 0.1) is 30.1 Å². The number of hydrogen-bond donors (Lipinski definition) is 1. The number of carbonyl (C=O) groups is 1. The van der Waals surface area contributed by atoms with Crippen LogP contribution in [-0.2, 0) is 0 Å². The van der Waals surface area contributed by atoms with Crippen LogP contribution in [-0.4, -0.2) is 17.6 Å². The number of nitrogens with one attached hydrogen (secondary N) is 1. The summed E-state index contributed by atoms with van der Waals surface area (Å²) in [5.74, 6) is 3.17. The third-order valence-corrected chi connectivity index (χ3v) is 7.96. The first kappa shape index (κ1) is 19.0. The Balaban J connectivity index is 1.22. The molecule has 4 saturated carbocycles. The van der Waals surface area contributed by atoms with Crippen LogP contribution >= 0.6 is 11.8 Å². The van der Waals surface area contributed by atoms with Gasteiger partial charge in [-0.25, -0.2) is 9.78 Å². The second kappa shape index (κ2) is 7.67. The lowest BCUT2D eigenvalue weighted by Gasteiger charge is -2.56. The molecular weight excluding hydrogens is 380 g/mol. The van der Waals surface area contributed by atoms with Crippen LogP contribution in [0.25, 0.3) is 0 Å². The predicted molar refractivity (Wildman–Crippen MR) is 114 cm³/mol. The van der Waals surface area contributed by atoms with Crippen molar-refractivity contribution in [3.63, 3.8) is 0 Å². The third kappa shape index (κ3) is 4.16. The summed E-state index contributed by atoms with van der Waals surface area (Å²) in [5, 5.41) is 3.80. The molecule has 1 aromatic carbocycles. The van der Waals surface area contributed by atoms with Gasteiger partial charge in [-0.05, 0) is 92.9 Å². The van der Waals surface area contributed by atoms with Crippen molar-refractivity contribution in [3.8, 4) is 5.75 Å². The molecule has 0 spiro atoms. The van der Waals surface area contributed by atoms with Crippen LogP contribution in [0.2, 0.25) is 0 Å². The summed E-state index contributed by atoms with van der Waals surface area (Å²) in [6, 6.07) is 11.9. The zero-order valence-corrected chi connectivity index (χ0v) is 17.7. The largest absolute Gasteiger partial charge is 0.412 e. The number of rotatable bonds is 5. The van der Waals surface area contributed by atoms with Gasteiger partial charge in [0.05, 0.1) is 0 Å². The van der Waals surface area contributed by atoms with E-state index in [1.54, 1.807) is 12.3 Å². The van der Waals surface area contributed by atoms with Gasteiger partial charge in [0, 0.05) is 17.6 Å². The van der Waals surface area contributed by atoms with E-state index in [0.29, 0.717) is 16.2 Å². The molecule has 4 aliphatic rings. The Kier molecular flexibility index (Phi) is 5.02. The quantitative estimate of drug-likeness (QED) is 0.675. The summed E-state index contributed by atoms with van der Waals surface area (Å²) >= 11 is 1.51. The fourth-order valence-corrected chi connectivity index (χ4v) is 6.97. The third-order valence-electron chi connectivity index (χ3n) is 6.95. The van der Waals surface area contributed by atoms with Gasteiger partial charge in [0.2, 0.25) is 0 Å². The second-order valence-electron chi connectivity index (χ2n) is 9.38. The highest BCUT2D eigenvalue weighted by Gasteiger charge is 2.50. The molecule has 4 nitrogen and oxygen atoms in total. The summed E-state index contributed by atoms with van der Waals surface area (Å²) in [6.45, 7) is 2.81. The number of hydrogen-bond acceptors (Lipinski definition) is 4. The number of amides is 1. The van der Waals surface area contributed by atoms with Gasteiger partial charge in [0.15, 0.2) is 5.75 Å². The highest BCUT2D eigenvalue weighted by atomic mass is 32.2. The van der Waals surface area contributed by atoms with E-state index in [1.807, 2.05) is 6.07 Å². The van der Waals surface area contributed by atoms with Crippen LogP contribution in [0.15, 0.2) is 52.5 Å². The SMILES string of the molecule is Cc1ccc(Sc2ncccc2OC(=O)NCC23CC4CC(CC(C4)C2)C3)cc1. The maximum absolute atomic E-state index is 12.6. The van der Waals surface area contributed by atoms with Gasteiger partial charge < -0.3 is 10.1 Å². The molecule has 1 N–H and O–H groups in total. The van der Waals surface area contributed by atoms with E-state index in [2.05, 4.69) is 41.5 Å². The average Bonchev–Trinajstić information content (AvgIpc) is 2.69. The molecule has 5 heteroatoms. The first-order valence-electron chi connectivity index (χ1n) is 10.7. The Hall–Kier alpha value is -2.01. The van der Waals surface area contributed by atoms with Crippen LogP contribution in [0.5, 0.6) is 5.75 Å². The maximum Gasteiger partial charge on any atom is 0.412 e. The number of nitrogens with zero attached hydrogens (tertiary/aromatic N) is 1. The molecule has 0 radical (unpaired) electrons. The molecule has 1 heterocycles. The van der Waals surface area contributed by atoms with Gasteiger partial charge in [0.1, 0.15) is 5.03 Å².